The molecule has 25 heavy (non-hydrogen) atoms. The van der Waals surface area contributed by atoms with E-state index in [4.69, 9.17) is 9.47 Å². The van der Waals surface area contributed by atoms with Crippen molar-refractivity contribution < 1.29 is 14.3 Å². The van der Waals surface area contributed by atoms with E-state index in [9.17, 15) is 4.79 Å². The minimum absolute atomic E-state index is 0.0852. The lowest BCUT2D eigenvalue weighted by Crippen LogP contribution is -2.52. The van der Waals surface area contributed by atoms with Crippen LogP contribution in [0.3, 0.4) is 0 Å². The quantitative estimate of drug-likeness (QED) is 0.895. The number of benzene rings is 1. The summed E-state index contributed by atoms with van der Waals surface area (Å²) in [7, 11) is 1.63. The van der Waals surface area contributed by atoms with Gasteiger partial charge in [-0.15, -0.1) is 10.2 Å². The maximum atomic E-state index is 13.0. The van der Waals surface area contributed by atoms with Crippen molar-refractivity contribution in [3.05, 3.63) is 41.5 Å². The highest BCUT2D eigenvalue weighted by molar-refractivity contribution is 5.84. The molecule has 2 aliphatic rings. The zero-order valence-corrected chi connectivity index (χ0v) is 14.5. The molecule has 0 radical (unpaired) electrons. The number of aromatic nitrogens is 3. The third kappa shape index (κ3) is 2.89. The lowest BCUT2D eigenvalue weighted by atomic mass is 9.99. The first-order valence-corrected chi connectivity index (χ1v) is 8.55. The van der Waals surface area contributed by atoms with E-state index in [0.29, 0.717) is 25.7 Å². The third-order valence-electron chi connectivity index (χ3n) is 4.88. The molecule has 1 fully saturated rings. The Hall–Kier alpha value is -2.41. The Labute approximate surface area is 146 Å². The van der Waals surface area contributed by atoms with Crippen LogP contribution < -0.4 is 10.1 Å². The molecule has 7 heteroatoms. The second kappa shape index (κ2) is 6.15. The Morgan fingerprint density at radius 2 is 2.28 bits per heavy atom. The molecule has 1 unspecified atom stereocenters. The molecule has 0 bridgehead atoms. The van der Waals surface area contributed by atoms with E-state index in [1.54, 1.807) is 7.11 Å². The SMILES string of the molecule is COc1cccc(CNC(=O)C2(C)COCc3nnc(C4CC4)n32)c1. The average molecular weight is 342 g/mol. The van der Waals surface area contributed by atoms with Gasteiger partial charge in [-0.1, -0.05) is 12.1 Å². The van der Waals surface area contributed by atoms with Gasteiger partial charge in [0.2, 0.25) is 5.91 Å². The molecule has 1 aliphatic carbocycles. The number of hydrogen-bond donors (Lipinski definition) is 1. The van der Waals surface area contributed by atoms with Crippen LogP contribution in [-0.2, 0) is 28.2 Å². The first-order chi connectivity index (χ1) is 12.1. The number of carbonyl (C=O) groups excluding carboxylic acids is 1. The summed E-state index contributed by atoms with van der Waals surface area (Å²) in [5.41, 5.74) is 0.160. The predicted octanol–water partition coefficient (Wildman–Crippen LogP) is 1.73. The Morgan fingerprint density at radius 1 is 1.44 bits per heavy atom. The minimum atomic E-state index is -0.826. The molecule has 1 amide bonds. The molecule has 1 atom stereocenters. The van der Waals surface area contributed by atoms with Gasteiger partial charge in [0.15, 0.2) is 5.82 Å². The largest absolute Gasteiger partial charge is 0.497 e. The Kier molecular flexibility index (Phi) is 3.95. The van der Waals surface area contributed by atoms with Crippen molar-refractivity contribution in [1.29, 1.82) is 0 Å². The van der Waals surface area contributed by atoms with E-state index < -0.39 is 5.54 Å². The van der Waals surface area contributed by atoms with Crippen molar-refractivity contribution in [3.8, 4) is 5.75 Å². The van der Waals surface area contributed by atoms with Crippen LogP contribution in [0, 0.1) is 0 Å². The second-order valence-electron chi connectivity index (χ2n) is 6.88. The fourth-order valence-electron chi connectivity index (χ4n) is 3.30. The van der Waals surface area contributed by atoms with E-state index in [0.717, 1.165) is 35.8 Å². The molecule has 1 aliphatic heterocycles. The van der Waals surface area contributed by atoms with Crippen LogP contribution in [0.1, 0.15) is 42.9 Å². The Bertz CT molecular complexity index is 799. The number of rotatable bonds is 5. The normalized spacial score (nSPS) is 22.3. The lowest BCUT2D eigenvalue weighted by molar-refractivity contribution is -0.135. The summed E-state index contributed by atoms with van der Waals surface area (Å²) in [6.07, 6.45) is 2.22. The third-order valence-corrected chi connectivity index (χ3v) is 4.88. The first-order valence-electron chi connectivity index (χ1n) is 8.55. The van der Waals surface area contributed by atoms with Gasteiger partial charge in [0.25, 0.3) is 0 Å². The molecule has 7 nitrogen and oxygen atoms in total. The molecule has 0 spiro atoms. The number of amides is 1. The molecule has 2 aromatic rings. The number of methoxy groups -OCH3 is 1. The number of nitrogens with one attached hydrogen (secondary N) is 1. The van der Waals surface area contributed by atoms with E-state index >= 15 is 0 Å². The minimum Gasteiger partial charge on any atom is -0.497 e. The first kappa shape index (κ1) is 16.1. The van der Waals surface area contributed by atoms with Crippen LogP contribution in [0.2, 0.25) is 0 Å². The van der Waals surface area contributed by atoms with E-state index in [1.807, 2.05) is 35.8 Å². The zero-order valence-electron chi connectivity index (χ0n) is 14.5. The molecule has 1 saturated carbocycles. The average Bonchev–Trinajstić information content (AvgIpc) is 3.39. The monoisotopic (exact) mass is 342 g/mol. The van der Waals surface area contributed by atoms with E-state index in [-0.39, 0.29) is 5.91 Å². The maximum absolute atomic E-state index is 13.0. The highest BCUT2D eigenvalue weighted by Gasteiger charge is 2.45. The van der Waals surface area contributed by atoms with Crippen LogP contribution in [-0.4, -0.2) is 34.4 Å². The van der Waals surface area contributed by atoms with Crippen LogP contribution in [0.5, 0.6) is 5.75 Å². The maximum Gasteiger partial charge on any atom is 0.248 e. The molecule has 0 saturated heterocycles. The number of hydrogen-bond acceptors (Lipinski definition) is 5. The van der Waals surface area contributed by atoms with Crippen molar-refractivity contribution in [2.45, 2.75) is 44.4 Å². The van der Waals surface area contributed by atoms with E-state index in [2.05, 4.69) is 15.5 Å². The van der Waals surface area contributed by atoms with Crippen molar-refractivity contribution >= 4 is 5.91 Å². The number of fused-ring (bicyclic) bond motifs is 1. The smallest absolute Gasteiger partial charge is 0.248 e. The second-order valence-corrected chi connectivity index (χ2v) is 6.88. The highest BCUT2D eigenvalue weighted by Crippen LogP contribution is 2.42. The Balaban J connectivity index is 1.55. The van der Waals surface area contributed by atoms with Gasteiger partial charge in [-0.2, -0.15) is 0 Å². The molecule has 2 heterocycles. The Morgan fingerprint density at radius 3 is 3.04 bits per heavy atom. The molecular formula is C18H22N4O3. The van der Waals surface area contributed by atoms with Gasteiger partial charge in [-0.3, -0.25) is 9.36 Å². The summed E-state index contributed by atoms with van der Waals surface area (Å²) >= 11 is 0. The van der Waals surface area contributed by atoms with E-state index in [1.165, 1.54) is 0 Å². The van der Waals surface area contributed by atoms with Gasteiger partial charge < -0.3 is 14.8 Å². The number of nitrogens with zero attached hydrogens (tertiary/aromatic N) is 3. The van der Waals surface area contributed by atoms with Crippen LogP contribution in [0.4, 0.5) is 0 Å². The van der Waals surface area contributed by atoms with Crippen LogP contribution >= 0.6 is 0 Å². The molecule has 1 aromatic heterocycles. The zero-order chi connectivity index (χ0) is 17.4. The molecule has 132 valence electrons. The molecular weight excluding hydrogens is 320 g/mol. The standard InChI is InChI=1S/C18H22N4O3/c1-18(17(23)19-9-12-4-3-5-14(8-12)24-2)11-25-10-15-20-21-16(22(15)18)13-6-7-13/h3-5,8,13H,6-7,9-11H2,1-2H3,(H,19,23). The molecule has 4 rings (SSSR count). The summed E-state index contributed by atoms with van der Waals surface area (Å²) in [5.74, 6) is 2.75. The lowest BCUT2D eigenvalue weighted by Gasteiger charge is -2.35. The summed E-state index contributed by atoms with van der Waals surface area (Å²) in [5, 5.41) is 11.6. The topological polar surface area (TPSA) is 78.3 Å². The summed E-state index contributed by atoms with van der Waals surface area (Å²) in [4.78, 5) is 13.0. The van der Waals surface area contributed by atoms with Gasteiger partial charge in [0.05, 0.1) is 13.7 Å². The fourth-order valence-corrected chi connectivity index (χ4v) is 3.30. The predicted molar refractivity (Wildman–Crippen MR) is 90.1 cm³/mol. The summed E-state index contributed by atoms with van der Waals surface area (Å²) < 4.78 is 12.9. The summed E-state index contributed by atoms with van der Waals surface area (Å²) in [6, 6.07) is 7.67. The highest BCUT2D eigenvalue weighted by atomic mass is 16.5. The molecule has 1 N–H and O–H groups in total. The van der Waals surface area contributed by atoms with Gasteiger partial charge in [-0.05, 0) is 37.5 Å². The van der Waals surface area contributed by atoms with Crippen molar-refractivity contribution in [3.63, 3.8) is 0 Å². The van der Waals surface area contributed by atoms with Gasteiger partial charge in [0.1, 0.15) is 23.7 Å². The van der Waals surface area contributed by atoms with Crippen molar-refractivity contribution in [2.24, 2.45) is 0 Å². The van der Waals surface area contributed by atoms with Crippen molar-refractivity contribution in [2.75, 3.05) is 13.7 Å². The van der Waals surface area contributed by atoms with Crippen LogP contribution in [0.25, 0.3) is 0 Å². The number of ether oxygens (including phenoxy) is 2. The van der Waals surface area contributed by atoms with Gasteiger partial charge >= 0.3 is 0 Å². The summed E-state index contributed by atoms with van der Waals surface area (Å²) in [6.45, 7) is 3.05. The van der Waals surface area contributed by atoms with Gasteiger partial charge in [0, 0.05) is 12.5 Å². The van der Waals surface area contributed by atoms with Crippen molar-refractivity contribution in [1.82, 2.24) is 20.1 Å². The van der Waals surface area contributed by atoms with Crippen LogP contribution in [0.15, 0.2) is 24.3 Å². The molecule has 1 aromatic carbocycles. The fraction of sp³-hybridized carbons (Fsp3) is 0.500. The van der Waals surface area contributed by atoms with Gasteiger partial charge in [-0.25, -0.2) is 0 Å². The number of carbonyl (C=O) groups is 1.